The summed E-state index contributed by atoms with van der Waals surface area (Å²) in [4.78, 5) is 25.0. The topological polar surface area (TPSA) is 150 Å². The van der Waals surface area contributed by atoms with Crippen LogP contribution in [-0.2, 0) is 25.7 Å². The van der Waals surface area contributed by atoms with Gasteiger partial charge in [-0.15, -0.1) is 0 Å². The number of aromatic nitrogens is 1. The Labute approximate surface area is 278 Å². The molecule has 1 fully saturated rings. The van der Waals surface area contributed by atoms with Crippen molar-refractivity contribution in [1.29, 1.82) is 0 Å². The van der Waals surface area contributed by atoms with Gasteiger partial charge in [-0.3, -0.25) is 9.59 Å². The minimum Gasteiger partial charge on any atom is -0.618 e. The van der Waals surface area contributed by atoms with Gasteiger partial charge < -0.3 is 36.2 Å². The summed E-state index contributed by atoms with van der Waals surface area (Å²) >= 11 is 1.43. The van der Waals surface area contributed by atoms with Gasteiger partial charge in [0.2, 0.25) is 11.8 Å². The molecule has 47 heavy (non-hydrogen) atoms. The van der Waals surface area contributed by atoms with Gasteiger partial charge in [-0.25, -0.2) is 0 Å². The number of carbonyl (C=O) groups is 2. The number of pyridine rings is 1. The van der Waals surface area contributed by atoms with Gasteiger partial charge in [0.15, 0.2) is 12.5 Å². The standard InChI is InChI=1S/C36H40N4O6S/c37-30-11-4-5-12-31(30)39-34(43)14-3-1-2-13-33(42)38-28-10-8-9-27(21-28)36-45-29(24-47-35-15-6-7-20-40(35)44)22-32(46-36)26-18-16-25(23-41)17-19-26/h4-12,15-21,29,32,36,41H,1-3,13-14,22-24,37H2,(H,38,42)(H,39,43)/t29-,32+,36+/m1/s1. The normalized spacial score (nSPS) is 17.6. The van der Waals surface area contributed by atoms with Crippen LogP contribution in [0.4, 0.5) is 17.1 Å². The van der Waals surface area contributed by atoms with Crippen LogP contribution < -0.4 is 21.1 Å². The first kappa shape index (κ1) is 33.9. The number of unbranched alkanes of at least 4 members (excludes halogenated alkanes) is 2. The molecule has 0 saturated carbocycles. The number of nitrogens with two attached hydrogens (primary N) is 1. The van der Waals surface area contributed by atoms with Gasteiger partial charge >= 0.3 is 0 Å². The highest BCUT2D eigenvalue weighted by Crippen LogP contribution is 2.39. The lowest BCUT2D eigenvalue weighted by molar-refractivity contribution is -0.645. The average molecular weight is 657 g/mol. The van der Waals surface area contributed by atoms with E-state index in [1.54, 1.807) is 24.3 Å². The zero-order valence-electron chi connectivity index (χ0n) is 26.0. The smallest absolute Gasteiger partial charge is 0.251 e. The Balaban J connectivity index is 1.15. The van der Waals surface area contributed by atoms with Crippen LogP contribution >= 0.6 is 11.8 Å². The SMILES string of the molecule is Nc1ccccc1NC(=O)CCCCCC(=O)Nc1cccc([C@H]2O[C@@H](CSc3cccc[n+]3[O-])C[C@@H](c3ccc(CO)cc3)O2)c1. The van der Waals surface area contributed by atoms with E-state index in [9.17, 15) is 19.9 Å². The number of ether oxygens (including phenoxy) is 2. The fourth-order valence-electron chi connectivity index (χ4n) is 5.28. The third-order valence-electron chi connectivity index (χ3n) is 7.81. The summed E-state index contributed by atoms with van der Waals surface area (Å²) in [6.45, 7) is -0.0383. The number of rotatable bonds is 14. The second-order valence-electron chi connectivity index (χ2n) is 11.4. The van der Waals surface area contributed by atoms with Gasteiger partial charge in [0.25, 0.3) is 5.03 Å². The number of anilines is 3. The van der Waals surface area contributed by atoms with E-state index >= 15 is 0 Å². The molecule has 1 aliphatic heterocycles. The van der Waals surface area contributed by atoms with Crippen LogP contribution in [0.2, 0.25) is 0 Å². The van der Waals surface area contributed by atoms with Gasteiger partial charge in [-0.1, -0.05) is 66.7 Å². The van der Waals surface area contributed by atoms with Crippen molar-refractivity contribution in [1.82, 2.24) is 0 Å². The first-order valence-electron chi connectivity index (χ1n) is 15.7. The molecule has 0 unspecified atom stereocenters. The molecule has 1 aromatic heterocycles. The number of nitrogen functional groups attached to an aromatic ring is 1. The molecule has 1 aliphatic rings. The Kier molecular flexibility index (Phi) is 12.2. The number of nitrogens with zero attached hydrogens (tertiary/aromatic N) is 1. The number of aliphatic hydroxyl groups is 1. The van der Waals surface area contributed by atoms with Gasteiger partial charge in [0.05, 0.1) is 30.2 Å². The van der Waals surface area contributed by atoms with Crippen LogP contribution in [0.1, 0.15) is 67.6 Å². The predicted octanol–water partition coefficient (Wildman–Crippen LogP) is 6.26. The maximum Gasteiger partial charge on any atom is 0.251 e. The van der Waals surface area contributed by atoms with Crippen molar-refractivity contribution in [3.63, 3.8) is 0 Å². The predicted molar refractivity (Wildman–Crippen MR) is 182 cm³/mol. The average Bonchev–Trinajstić information content (AvgIpc) is 3.09. The summed E-state index contributed by atoms with van der Waals surface area (Å²) in [5.41, 5.74) is 10.2. The van der Waals surface area contributed by atoms with E-state index in [2.05, 4.69) is 10.6 Å². The zero-order chi connectivity index (χ0) is 33.0. The van der Waals surface area contributed by atoms with Crippen LogP contribution in [-0.4, -0.2) is 28.8 Å². The number of aliphatic hydroxyl groups excluding tert-OH is 1. The minimum atomic E-state index is -0.693. The molecule has 11 heteroatoms. The van der Waals surface area contributed by atoms with Crippen LogP contribution in [0.25, 0.3) is 0 Å². The molecule has 0 bridgehead atoms. The van der Waals surface area contributed by atoms with Crippen molar-refractivity contribution in [3.05, 3.63) is 119 Å². The Morgan fingerprint density at radius 2 is 1.62 bits per heavy atom. The van der Waals surface area contributed by atoms with Crippen LogP contribution in [0, 0.1) is 5.21 Å². The molecular weight excluding hydrogens is 616 g/mol. The molecule has 4 aromatic rings. The van der Waals surface area contributed by atoms with Crippen molar-refractivity contribution >= 4 is 40.6 Å². The molecule has 5 N–H and O–H groups in total. The molecule has 2 amide bonds. The minimum absolute atomic E-state index is 0.0383. The van der Waals surface area contributed by atoms with Crippen LogP contribution in [0.15, 0.2) is 102 Å². The highest BCUT2D eigenvalue weighted by atomic mass is 32.2. The number of benzene rings is 3. The lowest BCUT2D eigenvalue weighted by atomic mass is 10.0. The van der Waals surface area contributed by atoms with Gasteiger partial charge in [-0.05, 0) is 54.3 Å². The van der Waals surface area contributed by atoms with E-state index in [1.807, 2.05) is 66.7 Å². The number of hydrogen-bond acceptors (Lipinski definition) is 8. The fourth-order valence-corrected chi connectivity index (χ4v) is 6.22. The van der Waals surface area contributed by atoms with Crippen molar-refractivity contribution < 1.29 is 28.9 Å². The van der Waals surface area contributed by atoms with Gasteiger partial charge in [0.1, 0.15) is 0 Å². The summed E-state index contributed by atoms with van der Waals surface area (Å²) in [6.07, 6.45) is 3.63. The molecule has 0 radical (unpaired) electrons. The molecule has 0 aliphatic carbocycles. The monoisotopic (exact) mass is 656 g/mol. The maximum absolute atomic E-state index is 12.7. The molecule has 246 valence electrons. The van der Waals surface area contributed by atoms with E-state index in [1.165, 1.54) is 18.0 Å². The molecule has 0 spiro atoms. The number of nitrogens with one attached hydrogen (secondary N) is 2. The summed E-state index contributed by atoms with van der Waals surface area (Å²) < 4.78 is 13.7. The molecule has 3 aromatic carbocycles. The summed E-state index contributed by atoms with van der Waals surface area (Å²) in [6, 6.07) is 27.5. The molecule has 10 nitrogen and oxygen atoms in total. The molecule has 1 saturated heterocycles. The number of thioether (sulfide) groups is 1. The first-order chi connectivity index (χ1) is 22.9. The van der Waals surface area contributed by atoms with Crippen molar-refractivity contribution in [2.75, 3.05) is 22.1 Å². The molecular formula is C36H40N4O6S. The maximum atomic E-state index is 12.7. The summed E-state index contributed by atoms with van der Waals surface area (Å²) in [5, 5.41) is 28.1. The van der Waals surface area contributed by atoms with E-state index in [0.717, 1.165) is 27.8 Å². The lowest BCUT2D eigenvalue weighted by Crippen LogP contribution is -2.32. The Hall–Kier alpha value is -4.42. The molecule has 3 atom stereocenters. The Morgan fingerprint density at radius 1 is 0.872 bits per heavy atom. The largest absolute Gasteiger partial charge is 0.618 e. The summed E-state index contributed by atoms with van der Waals surface area (Å²) in [7, 11) is 0. The third-order valence-corrected chi connectivity index (χ3v) is 8.96. The Bertz CT molecular complexity index is 1640. The van der Waals surface area contributed by atoms with E-state index in [0.29, 0.717) is 59.9 Å². The van der Waals surface area contributed by atoms with Crippen molar-refractivity contribution in [2.45, 2.75) is 68.7 Å². The number of amides is 2. The van der Waals surface area contributed by atoms with Crippen LogP contribution in [0.3, 0.4) is 0 Å². The highest BCUT2D eigenvalue weighted by Gasteiger charge is 2.33. The fraction of sp³-hybridized carbons (Fsp3) is 0.306. The van der Waals surface area contributed by atoms with Crippen LogP contribution in [0.5, 0.6) is 0 Å². The van der Waals surface area contributed by atoms with E-state index < -0.39 is 6.29 Å². The Morgan fingerprint density at radius 3 is 2.36 bits per heavy atom. The number of para-hydroxylation sites is 2. The zero-order valence-corrected chi connectivity index (χ0v) is 26.9. The van der Waals surface area contributed by atoms with Gasteiger partial charge in [-0.2, -0.15) is 4.73 Å². The van der Waals surface area contributed by atoms with E-state index in [4.69, 9.17) is 15.2 Å². The van der Waals surface area contributed by atoms with E-state index in [-0.39, 0.29) is 30.6 Å². The van der Waals surface area contributed by atoms with Gasteiger partial charge in [0, 0.05) is 48.4 Å². The highest BCUT2D eigenvalue weighted by molar-refractivity contribution is 7.99. The quantitative estimate of drug-likeness (QED) is 0.0409. The second-order valence-corrected chi connectivity index (χ2v) is 12.4. The summed E-state index contributed by atoms with van der Waals surface area (Å²) in [5.74, 6) is 0.338. The van der Waals surface area contributed by atoms with Crippen molar-refractivity contribution in [3.8, 4) is 0 Å². The lowest BCUT2D eigenvalue weighted by Gasteiger charge is -2.36. The molecule has 5 rings (SSSR count). The third kappa shape index (κ3) is 10.0. The number of hydrogen-bond donors (Lipinski definition) is 4. The molecule has 2 heterocycles. The second kappa shape index (κ2) is 16.9. The van der Waals surface area contributed by atoms with Crippen molar-refractivity contribution in [2.24, 2.45) is 0 Å². The number of carbonyl (C=O) groups excluding carboxylic acids is 2. The first-order valence-corrected chi connectivity index (χ1v) is 16.7.